The van der Waals surface area contributed by atoms with Gasteiger partial charge in [0, 0.05) is 44.9 Å². The number of piperazine rings is 1. The molecule has 0 radical (unpaired) electrons. The summed E-state index contributed by atoms with van der Waals surface area (Å²) in [5.41, 5.74) is 0.355. The van der Waals surface area contributed by atoms with Crippen LogP contribution in [0, 0.1) is 0 Å². The zero-order chi connectivity index (χ0) is 17.9. The molecule has 2 saturated heterocycles. The Hall–Kier alpha value is -1.48. The molecule has 0 aliphatic carbocycles. The number of carbonyl (C=O) groups is 1. The van der Waals surface area contributed by atoms with Crippen LogP contribution >= 0.6 is 0 Å². The molecule has 1 amide bonds. The number of rotatable bonds is 5. The van der Waals surface area contributed by atoms with Crippen molar-refractivity contribution >= 4 is 15.9 Å². The van der Waals surface area contributed by atoms with E-state index in [-0.39, 0.29) is 16.9 Å². The van der Waals surface area contributed by atoms with E-state index in [2.05, 4.69) is 10.2 Å². The third kappa shape index (κ3) is 4.38. The Labute approximate surface area is 149 Å². The number of nitrogens with zero attached hydrogens (tertiary/aromatic N) is 2. The van der Waals surface area contributed by atoms with Gasteiger partial charge in [-0.25, -0.2) is 8.42 Å². The molecule has 0 aromatic heterocycles. The molecule has 0 bridgehead atoms. The molecule has 1 aromatic carbocycles. The Kier molecular flexibility index (Phi) is 5.73. The molecule has 7 nitrogen and oxygen atoms in total. The Balaban J connectivity index is 1.68. The number of ether oxygens (including phenoxy) is 1. The first-order valence-electron chi connectivity index (χ1n) is 8.65. The average molecular weight is 367 g/mol. The maximum atomic E-state index is 12.8. The predicted molar refractivity (Wildman–Crippen MR) is 94.0 cm³/mol. The number of sulfonamides is 1. The van der Waals surface area contributed by atoms with Gasteiger partial charge < -0.3 is 15.0 Å². The smallest absolute Gasteiger partial charge is 0.251 e. The zero-order valence-corrected chi connectivity index (χ0v) is 15.3. The minimum atomic E-state index is -3.57. The predicted octanol–water partition coefficient (Wildman–Crippen LogP) is 0.532. The van der Waals surface area contributed by atoms with E-state index in [0.29, 0.717) is 38.3 Å². The van der Waals surface area contributed by atoms with Crippen molar-refractivity contribution in [2.75, 3.05) is 46.4 Å². The quantitative estimate of drug-likeness (QED) is 0.821. The highest BCUT2D eigenvalue weighted by molar-refractivity contribution is 7.89. The van der Waals surface area contributed by atoms with Gasteiger partial charge >= 0.3 is 0 Å². The molecule has 3 rings (SSSR count). The molecule has 1 N–H and O–H groups in total. The summed E-state index contributed by atoms with van der Waals surface area (Å²) < 4.78 is 32.5. The highest BCUT2D eigenvalue weighted by atomic mass is 32.2. The molecule has 2 aliphatic rings. The monoisotopic (exact) mass is 367 g/mol. The SMILES string of the molecule is CN1CCN(S(=O)(=O)c2cccc(C(=O)NC[C@@H]3CCCO3)c2)CC1. The summed E-state index contributed by atoms with van der Waals surface area (Å²) in [5, 5.41) is 2.83. The van der Waals surface area contributed by atoms with Crippen LogP contribution < -0.4 is 5.32 Å². The number of amides is 1. The summed E-state index contributed by atoms with van der Waals surface area (Å²) in [6.07, 6.45) is 2.01. The van der Waals surface area contributed by atoms with Crippen LogP contribution in [0.3, 0.4) is 0 Å². The second-order valence-corrected chi connectivity index (χ2v) is 8.52. The summed E-state index contributed by atoms with van der Waals surface area (Å²) >= 11 is 0. The molecule has 8 heteroatoms. The van der Waals surface area contributed by atoms with Crippen LogP contribution in [0.25, 0.3) is 0 Å². The first-order chi connectivity index (χ1) is 12.0. The van der Waals surface area contributed by atoms with E-state index in [1.807, 2.05) is 7.05 Å². The van der Waals surface area contributed by atoms with Crippen LogP contribution in [0.5, 0.6) is 0 Å². The number of nitrogens with one attached hydrogen (secondary N) is 1. The van der Waals surface area contributed by atoms with Gasteiger partial charge in [0.2, 0.25) is 10.0 Å². The Morgan fingerprint density at radius 3 is 2.72 bits per heavy atom. The van der Waals surface area contributed by atoms with E-state index in [4.69, 9.17) is 4.74 Å². The standard InChI is InChI=1S/C17H25N3O4S/c1-19-7-9-20(10-8-19)25(22,23)16-6-2-4-14(12-16)17(21)18-13-15-5-3-11-24-15/h2,4,6,12,15H,3,5,7-11,13H2,1H3,(H,18,21)/t15-/m0/s1. The number of hydrogen-bond donors (Lipinski definition) is 1. The van der Waals surface area contributed by atoms with E-state index < -0.39 is 10.0 Å². The van der Waals surface area contributed by atoms with Gasteiger partial charge in [0.25, 0.3) is 5.91 Å². The summed E-state index contributed by atoms with van der Waals surface area (Å²) in [5.74, 6) is -0.272. The maximum absolute atomic E-state index is 12.8. The fraction of sp³-hybridized carbons (Fsp3) is 0.588. The topological polar surface area (TPSA) is 79.0 Å². The Morgan fingerprint density at radius 1 is 1.28 bits per heavy atom. The molecule has 0 unspecified atom stereocenters. The Bertz CT molecular complexity index is 708. The maximum Gasteiger partial charge on any atom is 0.251 e. The molecule has 2 aliphatic heterocycles. The lowest BCUT2D eigenvalue weighted by Crippen LogP contribution is -2.47. The second-order valence-electron chi connectivity index (χ2n) is 6.58. The van der Waals surface area contributed by atoms with Crippen molar-refractivity contribution in [1.29, 1.82) is 0 Å². The molecular formula is C17H25N3O4S. The van der Waals surface area contributed by atoms with Crippen LogP contribution in [0.4, 0.5) is 0 Å². The highest BCUT2D eigenvalue weighted by Gasteiger charge is 2.28. The van der Waals surface area contributed by atoms with Crippen LogP contribution in [0.15, 0.2) is 29.2 Å². The summed E-state index contributed by atoms with van der Waals surface area (Å²) in [4.78, 5) is 14.6. The number of hydrogen-bond acceptors (Lipinski definition) is 5. The van der Waals surface area contributed by atoms with Gasteiger partial charge in [-0.05, 0) is 38.1 Å². The van der Waals surface area contributed by atoms with E-state index >= 15 is 0 Å². The fourth-order valence-corrected chi connectivity index (χ4v) is 4.56. The number of benzene rings is 1. The molecule has 25 heavy (non-hydrogen) atoms. The molecule has 1 aromatic rings. The molecule has 1 atom stereocenters. The molecule has 0 saturated carbocycles. The lowest BCUT2D eigenvalue weighted by molar-refractivity contribution is 0.0857. The van der Waals surface area contributed by atoms with Gasteiger partial charge in [-0.2, -0.15) is 4.31 Å². The average Bonchev–Trinajstić information content (AvgIpc) is 3.14. The van der Waals surface area contributed by atoms with Crippen LogP contribution in [0.2, 0.25) is 0 Å². The van der Waals surface area contributed by atoms with Crippen LogP contribution in [0.1, 0.15) is 23.2 Å². The van der Waals surface area contributed by atoms with E-state index in [9.17, 15) is 13.2 Å². The van der Waals surface area contributed by atoms with Crippen molar-refractivity contribution in [3.05, 3.63) is 29.8 Å². The van der Waals surface area contributed by atoms with Gasteiger partial charge in [-0.1, -0.05) is 6.07 Å². The summed E-state index contributed by atoms with van der Waals surface area (Å²) in [6.45, 7) is 3.54. The van der Waals surface area contributed by atoms with Crippen molar-refractivity contribution in [3.8, 4) is 0 Å². The summed E-state index contributed by atoms with van der Waals surface area (Å²) in [6, 6.07) is 6.25. The second kappa shape index (κ2) is 7.82. The molecular weight excluding hydrogens is 342 g/mol. The van der Waals surface area contributed by atoms with Crippen molar-refractivity contribution in [2.24, 2.45) is 0 Å². The van der Waals surface area contributed by atoms with Gasteiger partial charge in [0.05, 0.1) is 11.0 Å². The van der Waals surface area contributed by atoms with Gasteiger partial charge in [-0.3, -0.25) is 4.79 Å². The number of likely N-dealkylation sites (N-methyl/N-ethyl adjacent to an activating group) is 1. The Morgan fingerprint density at radius 2 is 2.04 bits per heavy atom. The van der Waals surface area contributed by atoms with Gasteiger partial charge in [-0.15, -0.1) is 0 Å². The highest BCUT2D eigenvalue weighted by Crippen LogP contribution is 2.19. The molecule has 2 fully saturated rings. The van der Waals surface area contributed by atoms with Crippen LogP contribution in [-0.4, -0.2) is 76.0 Å². The van der Waals surface area contributed by atoms with Crippen molar-refractivity contribution < 1.29 is 17.9 Å². The normalized spacial score (nSPS) is 22.8. The minimum Gasteiger partial charge on any atom is -0.376 e. The third-order valence-electron chi connectivity index (χ3n) is 4.71. The van der Waals surface area contributed by atoms with Gasteiger partial charge in [0.15, 0.2) is 0 Å². The minimum absolute atomic E-state index is 0.0567. The van der Waals surface area contributed by atoms with Crippen molar-refractivity contribution in [2.45, 2.75) is 23.8 Å². The zero-order valence-electron chi connectivity index (χ0n) is 14.5. The first-order valence-corrected chi connectivity index (χ1v) is 10.1. The van der Waals surface area contributed by atoms with E-state index in [1.54, 1.807) is 18.2 Å². The molecule has 0 spiro atoms. The number of carbonyl (C=O) groups excluding carboxylic acids is 1. The third-order valence-corrected chi connectivity index (χ3v) is 6.61. The summed E-state index contributed by atoms with van der Waals surface area (Å²) in [7, 11) is -1.59. The van der Waals surface area contributed by atoms with E-state index in [0.717, 1.165) is 19.4 Å². The fourth-order valence-electron chi connectivity index (χ4n) is 3.09. The largest absolute Gasteiger partial charge is 0.376 e. The molecule has 2 heterocycles. The van der Waals surface area contributed by atoms with Crippen molar-refractivity contribution in [3.63, 3.8) is 0 Å². The van der Waals surface area contributed by atoms with Crippen molar-refractivity contribution in [1.82, 2.24) is 14.5 Å². The molecule has 138 valence electrons. The first kappa shape index (κ1) is 18.3. The lowest BCUT2D eigenvalue weighted by Gasteiger charge is -2.31. The van der Waals surface area contributed by atoms with Gasteiger partial charge in [0.1, 0.15) is 0 Å². The van der Waals surface area contributed by atoms with E-state index in [1.165, 1.54) is 10.4 Å². The lowest BCUT2D eigenvalue weighted by atomic mass is 10.2. The van der Waals surface area contributed by atoms with Crippen LogP contribution in [-0.2, 0) is 14.8 Å².